The Hall–Kier alpha value is -2.45. The molecule has 0 radical (unpaired) electrons. The van der Waals surface area contributed by atoms with Gasteiger partial charge in [-0.25, -0.2) is 0 Å². The van der Waals surface area contributed by atoms with Gasteiger partial charge in [0.15, 0.2) is 0 Å². The molecule has 0 saturated carbocycles. The molecule has 3 heterocycles. The molecule has 2 saturated heterocycles. The number of hydrogen-bond donors (Lipinski definition) is 1. The van der Waals surface area contributed by atoms with Crippen LogP contribution in [0.2, 0.25) is 0 Å². The second kappa shape index (κ2) is 7.89. The maximum absolute atomic E-state index is 12.5. The van der Waals surface area contributed by atoms with Crippen LogP contribution >= 0.6 is 0 Å². The first-order valence-electron chi connectivity index (χ1n) is 9.75. The van der Waals surface area contributed by atoms with Gasteiger partial charge in [-0.2, -0.15) is 5.10 Å². The number of ether oxygens (including phenoxy) is 1. The second-order valence-corrected chi connectivity index (χ2v) is 7.92. The summed E-state index contributed by atoms with van der Waals surface area (Å²) in [5, 5.41) is 8.49. The van der Waals surface area contributed by atoms with E-state index < -0.39 is 0 Å². The molecular formula is C20H27N5O3. The van der Waals surface area contributed by atoms with Crippen LogP contribution in [0.25, 0.3) is 10.9 Å². The Morgan fingerprint density at radius 3 is 2.93 bits per heavy atom. The van der Waals surface area contributed by atoms with Crippen molar-refractivity contribution in [2.24, 2.45) is 0 Å². The van der Waals surface area contributed by atoms with Crippen molar-refractivity contribution < 1.29 is 14.3 Å². The fraction of sp³-hybridized carbons (Fsp3) is 0.550. The Balaban J connectivity index is 1.30. The number of hydrogen-bond acceptors (Lipinski definition) is 5. The molecule has 28 heavy (non-hydrogen) atoms. The molecule has 1 aromatic carbocycles. The van der Waals surface area contributed by atoms with E-state index >= 15 is 0 Å². The van der Waals surface area contributed by atoms with E-state index in [1.165, 1.54) is 0 Å². The molecule has 3 atom stereocenters. The fourth-order valence-electron chi connectivity index (χ4n) is 4.11. The van der Waals surface area contributed by atoms with Crippen molar-refractivity contribution in [3.05, 3.63) is 30.5 Å². The highest BCUT2D eigenvalue weighted by Crippen LogP contribution is 2.24. The monoisotopic (exact) mass is 385 g/mol. The molecule has 8 nitrogen and oxygen atoms in total. The molecule has 2 aliphatic rings. The first-order chi connectivity index (χ1) is 13.5. The summed E-state index contributed by atoms with van der Waals surface area (Å²) in [5.74, 6) is 0.0536. The van der Waals surface area contributed by atoms with Gasteiger partial charge in [-0.15, -0.1) is 0 Å². The quantitative estimate of drug-likeness (QED) is 0.810. The maximum atomic E-state index is 12.5. The minimum atomic E-state index is -0.0731. The van der Waals surface area contributed by atoms with E-state index in [4.69, 9.17) is 4.74 Å². The standard InChI is InChI=1S/C20H27N5O3/c1-23(2)20(27)8-17-11-24-10-15(7-16(24)13-28-17)22-19(26)12-25-18-6-4-3-5-14(18)9-21-25/h3-6,9,15-17H,7-8,10-13H2,1-2H3,(H,22,26)/t15-,16+,17+/m1/s1. The molecule has 2 aliphatic heterocycles. The predicted octanol–water partition coefficient (Wildman–Crippen LogP) is 0.473. The Bertz CT molecular complexity index is 864. The van der Waals surface area contributed by atoms with Crippen molar-refractivity contribution in [3.8, 4) is 0 Å². The van der Waals surface area contributed by atoms with Crippen LogP contribution in [0.3, 0.4) is 0 Å². The fourth-order valence-corrected chi connectivity index (χ4v) is 4.11. The predicted molar refractivity (Wildman–Crippen MR) is 105 cm³/mol. The van der Waals surface area contributed by atoms with Gasteiger partial charge < -0.3 is 15.0 Å². The lowest BCUT2D eigenvalue weighted by molar-refractivity contribution is -0.134. The van der Waals surface area contributed by atoms with E-state index in [1.807, 2.05) is 24.3 Å². The van der Waals surface area contributed by atoms with Gasteiger partial charge in [0.1, 0.15) is 6.54 Å². The van der Waals surface area contributed by atoms with Crippen LogP contribution in [0.15, 0.2) is 30.5 Å². The van der Waals surface area contributed by atoms with Gasteiger partial charge in [0, 0.05) is 44.7 Å². The number of para-hydroxylation sites is 1. The van der Waals surface area contributed by atoms with E-state index in [1.54, 1.807) is 29.9 Å². The summed E-state index contributed by atoms with van der Waals surface area (Å²) in [6.45, 7) is 2.36. The normalized spacial score (nSPS) is 24.9. The van der Waals surface area contributed by atoms with Gasteiger partial charge in [-0.05, 0) is 12.5 Å². The summed E-state index contributed by atoms with van der Waals surface area (Å²) in [7, 11) is 3.52. The number of morpholine rings is 1. The molecule has 150 valence electrons. The molecule has 2 amide bonds. The van der Waals surface area contributed by atoms with Crippen LogP contribution in [0.5, 0.6) is 0 Å². The summed E-state index contributed by atoms with van der Waals surface area (Å²) < 4.78 is 7.62. The summed E-state index contributed by atoms with van der Waals surface area (Å²) in [5.41, 5.74) is 0.961. The lowest BCUT2D eigenvalue weighted by Crippen LogP contribution is -2.47. The van der Waals surface area contributed by atoms with Crippen LogP contribution < -0.4 is 5.32 Å². The summed E-state index contributed by atoms with van der Waals surface area (Å²) in [6.07, 6.45) is 2.99. The van der Waals surface area contributed by atoms with Crippen LogP contribution in [0, 0.1) is 0 Å². The molecular weight excluding hydrogens is 358 g/mol. The highest BCUT2D eigenvalue weighted by atomic mass is 16.5. The minimum Gasteiger partial charge on any atom is -0.375 e. The molecule has 0 aliphatic carbocycles. The van der Waals surface area contributed by atoms with E-state index in [2.05, 4.69) is 15.3 Å². The van der Waals surface area contributed by atoms with Gasteiger partial charge in [0.2, 0.25) is 11.8 Å². The molecule has 4 rings (SSSR count). The van der Waals surface area contributed by atoms with Crippen molar-refractivity contribution in [1.82, 2.24) is 24.9 Å². The highest BCUT2D eigenvalue weighted by molar-refractivity contribution is 5.82. The van der Waals surface area contributed by atoms with Crippen molar-refractivity contribution in [2.45, 2.75) is 37.6 Å². The van der Waals surface area contributed by atoms with Gasteiger partial charge in [-0.1, -0.05) is 18.2 Å². The van der Waals surface area contributed by atoms with Crippen molar-refractivity contribution in [2.75, 3.05) is 33.8 Å². The van der Waals surface area contributed by atoms with Crippen molar-refractivity contribution in [3.63, 3.8) is 0 Å². The van der Waals surface area contributed by atoms with Crippen molar-refractivity contribution >= 4 is 22.7 Å². The number of fused-ring (bicyclic) bond motifs is 2. The number of nitrogens with one attached hydrogen (secondary N) is 1. The second-order valence-electron chi connectivity index (χ2n) is 7.92. The molecule has 2 aromatic rings. The number of rotatable bonds is 5. The maximum Gasteiger partial charge on any atom is 0.242 e. The molecule has 2 fully saturated rings. The first-order valence-corrected chi connectivity index (χ1v) is 9.75. The van der Waals surface area contributed by atoms with Crippen LogP contribution in [0.4, 0.5) is 0 Å². The Kier molecular flexibility index (Phi) is 5.32. The molecule has 0 spiro atoms. The topological polar surface area (TPSA) is 79.7 Å². The largest absolute Gasteiger partial charge is 0.375 e. The van der Waals surface area contributed by atoms with E-state index in [0.29, 0.717) is 19.1 Å². The zero-order chi connectivity index (χ0) is 19.7. The third kappa shape index (κ3) is 4.02. The molecule has 1 aromatic heterocycles. The van der Waals surface area contributed by atoms with Gasteiger partial charge in [0.25, 0.3) is 0 Å². The number of nitrogens with zero attached hydrogens (tertiary/aromatic N) is 4. The highest BCUT2D eigenvalue weighted by Gasteiger charge is 2.38. The SMILES string of the molecule is CN(C)C(=O)C[C@H]1CN2C[C@H](NC(=O)Cn3ncc4ccccc43)C[C@H]2CO1. The summed E-state index contributed by atoms with van der Waals surface area (Å²) in [6, 6.07) is 8.28. The minimum absolute atomic E-state index is 0.0287. The van der Waals surface area contributed by atoms with Crippen molar-refractivity contribution in [1.29, 1.82) is 0 Å². The number of carbonyl (C=O) groups excluding carboxylic acids is 2. The zero-order valence-corrected chi connectivity index (χ0v) is 16.4. The number of aromatic nitrogens is 2. The Labute approximate surface area is 164 Å². The molecule has 0 unspecified atom stereocenters. The molecule has 0 bridgehead atoms. The van der Waals surface area contributed by atoms with E-state index in [9.17, 15) is 9.59 Å². The lowest BCUT2D eigenvalue weighted by atomic mass is 10.1. The third-order valence-electron chi connectivity index (χ3n) is 5.60. The zero-order valence-electron chi connectivity index (χ0n) is 16.4. The number of amides is 2. The van der Waals surface area contributed by atoms with E-state index in [-0.39, 0.29) is 30.5 Å². The lowest BCUT2D eigenvalue weighted by Gasteiger charge is -2.35. The van der Waals surface area contributed by atoms with Gasteiger partial charge in [-0.3, -0.25) is 19.2 Å². The molecule has 8 heteroatoms. The van der Waals surface area contributed by atoms with Gasteiger partial charge in [0.05, 0.1) is 30.8 Å². The molecule has 1 N–H and O–H groups in total. The summed E-state index contributed by atoms with van der Waals surface area (Å²) >= 11 is 0. The Morgan fingerprint density at radius 1 is 1.29 bits per heavy atom. The first kappa shape index (κ1) is 18.9. The number of carbonyl (C=O) groups is 2. The van der Waals surface area contributed by atoms with Gasteiger partial charge >= 0.3 is 0 Å². The average Bonchev–Trinajstić information content (AvgIpc) is 3.25. The summed E-state index contributed by atoms with van der Waals surface area (Å²) in [4.78, 5) is 28.4. The van der Waals surface area contributed by atoms with Crippen LogP contribution in [-0.4, -0.2) is 83.4 Å². The number of benzene rings is 1. The van der Waals surface area contributed by atoms with E-state index in [0.717, 1.165) is 30.4 Å². The average molecular weight is 385 g/mol. The van der Waals surface area contributed by atoms with Crippen LogP contribution in [-0.2, 0) is 20.9 Å². The Morgan fingerprint density at radius 2 is 2.11 bits per heavy atom. The van der Waals surface area contributed by atoms with Crippen LogP contribution in [0.1, 0.15) is 12.8 Å². The third-order valence-corrected chi connectivity index (χ3v) is 5.60. The smallest absolute Gasteiger partial charge is 0.242 e.